The molecular weight excluding hydrogens is 605 g/mol. The molecule has 0 radical (unpaired) electrons. The SMILES string of the molecule is CCCCCCCCCC(c1ccc(C(C)c2ccc(C(CCCCCCCCC)c3ccc(N)cc3C)cc2)cc1)c1ccc(N)cc1C. The number of anilines is 2. The molecule has 4 rings (SSSR count). The van der Waals surface area contributed by atoms with Crippen LogP contribution < -0.4 is 11.5 Å². The molecule has 0 aliphatic heterocycles. The molecular formula is C48H68N2. The largest absolute Gasteiger partial charge is 0.399 e. The Morgan fingerprint density at radius 1 is 0.420 bits per heavy atom. The van der Waals surface area contributed by atoms with E-state index < -0.39 is 0 Å². The fourth-order valence-corrected chi connectivity index (χ4v) is 8.02. The molecule has 0 spiro atoms. The molecule has 0 aliphatic carbocycles. The molecule has 0 heterocycles. The third-order valence-electron chi connectivity index (χ3n) is 11.2. The average molecular weight is 673 g/mol. The lowest BCUT2D eigenvalue weighted by Gasteiger charge is -2.23. The molecule has 4 aromatic carbocycles. The van der Waals surface area contributed by atoms with Crippen molar-refractivity contribution in [3.63, 3.8) is 0 Å². The maximum Gasteiger partial charge on any atom is 0.0316 e. The smallest absolute Gasteiger partial charge is 0.0316 e. The molecule has 0 saturated heterocycles. The van der Waals surface area contributed by atoms with Crippen molar-refractivity contribution in [1.82, 2.24) is 0 Å². The van der Waals surface area contributed by atoms with Gasteiger partial charge in [-0.05, 0) is 95.5 Å². The summed E-state index contributed by atoms with van der Waals surface area (Å²) in [5, 5.41) is 0. The molecule has 4 N–H and O–H groups in total. The number of hydrogen-bond donors (Lipinski definition) is 2. The molecule has 4 aromatic rings. The molecule has 0 bridgehead atoms. The van der Waals surface area contributed by atoms with Crippen LogP contribution in [0.25, 0.3) is 0 Å². The van der Waals surface area contributed by atoms with Crippen LogP contribution >= 0.6 is 0 Å². The Balaban J connectivity index is 1.46. The van der Waals surface area contributed by atoms with Gasteiger partial charge in [0.1, 0.15) is 0 Å². The lowest BCUT2D eigenvalue weighted by atomic mass is 9.82. The molecule has 270 valence electrons. The number of benzene rings is 4. The average Bonchev–Trinajstić information content (AvgIpc) is 3.11. The van der Waals surface area contributed by atoms with Crippen LogP contribution in [0.1, 0.15) is 186 Å². The summed E-state index contributed by atoms with van der Waals surface area (Å²) in [4.78, 5) is 0. The van der Waals surface area contributed by atoms with E-state index in [-0.39, 0.29) is 0 Å². The number of rotatable bonds is 22. The summed E-state index contributed by atoms with van der Waals surface area (Å²) in [6, 6.07) is 32.0. The lowest BCUT2D eigenvalue weighted by molar-refractivity contribution is 0.558. The Bertz CT molecular complexity index is 1420. The summed E-state index contributed by atoms with van der Waals surface area (Å²) in [7, 11) is 0. The second kappa shape index (κ2) is 21.0. The minimum Gasteiger partial charge on any atom is -0.399 e. The van der Waals surface area contributed by atoms with E-state index in [1.165, 1.54) is 147 Å². The van der Waals surface area contributed by atoms with Crippen molar-refractivity contribution >= 4 is 11.4 Å². The highest BCUT2D eigenvalue weighted by Crippen LogP contribution is 2.37. The highest BCUT2D eigenvalue weighted by atomic mass is 14.5. The Labute approximate surface area is 306 Å². The zero-order chi connectivity index (χ0) is 35.7. The van der Waals surface area contributed by atoms with Crippen molar-refractivity contribution in [1.29, 1.82) is 0 Å². The maximum atomic E-state index is 6.16. The van der Waals surface area contributed by atoms with E-state index in [1.54, 1.807) is 0 Å². The summed E-state index contributed by atoms with van der Waals surface area (Å²) in [5.41, 5.74) is 25.1. The summed E-state index contributed by atoms with van der Waals surface area (Å²) >= 11 is 0. The van der Waals surface area contributed by atoms with Crippen LogP contribution in [0.15, 0.2) is 84.9 Å². The first-order chi connectivity index (χ1) is 24.3. The molecule has 50 heavy (non-hydrogen) atoms. The van der Waals surface area contributed by atoms with Gasteiger partial charge in [-0.25, -0.2) is 0 Å². The van der Waals surface area contributed by atoms with Crippen LogP contribution in [0.4, 0.5) is 11.4 Å². The summed E-state index contributed by atoms with van der Waals surface area (Å²) < 4.78 is 0. The predicted octanol–water partition coefficient (Wildman–Crippen LogP) is 14.2. The Hall–Kier alpha value is -3.52. The first-order valence-electron chi connectivity index (χ1n) is 20.2. The summed E-state index contributed by atoms with van der Waals surface area (Å²) in [6.45, 7) is 11.4. The van der Waals surface area contributed by atoms with E-state index in [0.29, 0.717) is 17.8 Å². The number of aryl methyl sites for hydroxylation is 2. The summed E-state index contributed by atoms with van der Waals surface area (Å²) in [5.74, 6) is 1.14. The van der Waals surface area contributed by atoms with E-state index in [1.807, 2.05) is 0 Å². The quantitative estimate of drug-likeness (QED) is 0.0645. The number of hydrogen-bond acceptors (Lipinski definition) is 2. The highest BCUT2D eigenvalue weighted by molar-refractivity contribution is 5.49. The minimum atomic E-state index is 0.331. The second-order valence-corrected chi connectivity index (χ2v) is 15.2. The molecule has 2 atom stereocenters. The Morgan fingerprint density at radius 3 is 1.08 bits per heavy atom. The van der Waals surface area contributed by atoms with Crippen molar-refractivity contribution in [2.24, 2.45) is 0 Å². The van der Waals surface area contributed by atoms with Gasteiger partial charge in [0.2, 0.25) is 0 Å². The molecule has 2 heteroatoms. The molecule has 0 fully saturated rings. The van der Waals surface area contributed by atoms with E-state index in [9.17, 15) is 0 Å². The lowest BCUT2D eigenvalue weighted by Crippen LogP contribution is -2.06. The van der Waals surface area contributed by atoms with Crippen molar-refractivity contribution < 1.29 is 0 Å². The van der Waals surface area contributed by atoms with Gasteiger partial charge in [0.25, 0.3) is 0 Å². The van der Waals surface area contributed by atoms with Gasteiger partial charge in [-0.1, -0.05) is 171 Å². The minimum absolute atomic E-state index is 0.331. The highest BCUT2D eigenvalue weighted by Gasteiger charge is 2.19. The van der Waals surface area contributed by atoms with Crippen LogP contribution in [0.3, 0.4) is 0 Å². The zero-order valence-electron chi connectivity index (χ0n) is 32.3. The van der Waals surface area contributed by atoms with Crippen molar-refractivity contribution in [3.8, 4) is 0 Å². The van der Waals surface area contributed by atoms with Gasteiger partial charge in [0, 0.05) is 29.1 Å². The molecule has 2 unspecified atom stereocenters. The predicted molar refractivity (Wildman–Crippen MR) is 220 cm³/mol. The van der Waals surface area contributed by atoms with Gasteiger partial charge >= 0.3 is 0 Å². The van der Waals surface area contributed by atoms with Crippen LogP contribution in [0.2, 0.25) is 0 Å². The Kier molecular flexibility index (Phi) is 16.5. The first-order valence-corrected chi connectivity index (χ1v) is 20.2. The number of unbranched alkanes of at least 4 members (excludes halogenated alkanes) is 12. The van der Waals surface area contributed by atoms with Crippen LogP contribution in [-0.4, -0.2) is 0 Å². The van der Waals surface area contributed by atoms with E-state index in [2.05, 4.69) is 120 Å². The normalized spacial score (nSPS) is 13.3. The standard InChI is InChI=1S/C48H68N2/c1-6-8-10-12-14-16-18-20-47(45-32-30-43(49)34-36(45)3)41-26-22-39(23-27-41)38(5)40-24-28-42(29-25-40)48(21-19-17-15-13-11-9-7-2)46-33-31-44(50)35-37(46)4/h22-35,38,47-48H,6-21,49-50H2,1-5H3. The van der Waals surface area contributed by atoms with Crippen LogP contribution in [-0.2, 0) is 0 Å². The Morgan fingerprint density at radius 2 is 0.740 bits per heavy atom. The molecule has 0 aliphatic rings. The van der Waals surface area contributed by atoms with Gasteiger partial charge in [-0.2, -0.15) is 0 Å². The van der Waals surface area contributed by atoms with Gasteiger partial charge in [0.15, 0.2) is 0 Å². The fourth-order valence-electron chi connectivity index (χ4n) is 8.02. The van der Waals surface area contributed by atoms with Crippen molar-refractivity contribution in [2.45, 2.75) is 155 Å². The van der Waals surface area contributed by atoms with Crippen LogP contribution in [0.5, 0.6) is 0 Å². The third kappa shape index (κ3) is 11.8. The van der Waals surface area contributed by atoms with E-state index >= 15 is 0 Å². The van der Waals surface area contributed by atoms with Gasteiger partial charge in [0.05, 0.1) is 0 Å². The topological polar surface area (TPSA) is 52.0 Å². The molecule has 0 saturated carbocycles. The number of nitrogens with two attached hydrogens (primary N) is 2. The van der Waals surface area contributed by atoms with Gasteiger partial charge < -0.3 is 11.5 Å². The first kappa shape index (κ1) is 39.3. The van der Waals surface area contributed by atoms with Gasteiger partial charge in [-0.3, -0.25) is 0 Å². The van der Waals surface area contributed by atoms with E-state index in [0.717, 1.165) is 11.4 Å². The molecule has 0 aromatic heterocycles. The molecule has 2 nitrogen and oxygen atoms in total. The van der Waals surface area contributed by atoms with Crippen molar-refractivity contribution in [3.05, 3.63) is 129 Å². The van der Waals surface area contributed by atoms with E-state index in [4.69, 9.17) is 11.5 Å². The third-order valence-corrected chi connectivity index (χ3v) is 11.2. The zero-order valence-corrected chi connectivity index (χ0v) is 32.3. The number of nitrogen functional groups attached to an aromatic ring is 2. The second-order valence-electron chi connectivity index (χ2n) is 15.2. The fraction of sp³-hybridized carbons (Fsp3) is 0.500. The molecule has 0 amide bonds. The van der Waals surface area contributed by atoms with Crippen molar-refractivity contribution in [2.75, 3.05) is 11.5 Å². The monoisotopic (exact) mass is 673 g/mol. The van der Waals surface area contributed by atoms with Crippen LogP contribution in [0, 0.1) is 13.8 Å². The summed E-state index contributed by atoms with van der Waals surface area (Å²) in [6.07, 6.45) is 21.1. The maximum absolute atomic E-state index is 6.16. The van der Waals surface area contributed by atoms with Gasteiger partial charge in [-0.15, -0.1) is 0 Å².